The van der Waals surface area contributed by atoms with Gasteiger partial charge in [-0.3, -0.25) is 9.69 Å². The van der Waals surface area contributed by atoms with Gasteiger partial charge in [0.2, 0.25) is 0 Å². The van der Waals surface area contributed by atoms with Crippen LogP contribution in [0.25, 0.3) is 0 Å². The zero-order valence-corrected chi connectivity index (χ0v) is 15.7. The van der Waals surface area contributed by atoms with Gasteiger partial charge in [-0.1, -0.05) is 84.9 Å². The molecule has 2 atom stereocenters. The summed E-state index contributed by atoms with van der Waals surface area (Å²) in [5.74, 6) is 0.349. The van der Waals surface area contributed by atoms with Crippen LogP contribution in [0.4, 0.5) is 0 Å². The first kappa shape index (κ1) is 17.7. The van der Waals surface area contributed by atoms with Crippen LogP contribution in [0.1, 0.15) is 47.2 Å². The standard InChI is InChI=1S/C25H25NO/c1-19-10-8-9-15-23(19)25-17-22(27)16-24(21-13-6-3-7-14-21)26(25)18-20-11-4-2-5-12-20/h2-15,24-25H,16-18H2,1H3/t24-,25-/m0/s1. The number of carbonyl (C=O) groups is 1. The van der Waals surface area contributed by atoms with Crippen molar-refractivity contribution in [2.24, 2.45) is 0 Å². The van der Waals surface area contributed by atoms with Gasteiger partial charge in [0.1, 0.15) is 5.78 Å². The molecular weight excluding hydrogens is 330 g/mol. The van der Waals surface area contributed by atoms with Gasteiger partial charge in [-0.2, -0.15) is 0 Å². The van der Waals surface area contributed by atoms with Crippen molar-refractivity contribution in [1.29, 1.82) is 0 Å². The molecule has 1 aliphatic rings. The molecule has 0 aliphatic carbocycles. The van der Waals surface area contributed by atoms with Crippen LogP contribution >= 0.6 is 0 Å². The van der Waals surface area contributed by atoms with E-state index in [4.69, 9.17) is 0 Å². The quantitative estimate of drug-likeness (QED) is 0.603. The lowest BCUT2D eigenvalue weighted by molar-refractivity contribution is -0.126. The Labute approximate surface area is 161 Å². The van der Waals surface area contributed by atoms with Gasteiger partial charge < -0.3 is 0 Å². The van der Waals surface area contributed by atoms with Gasteiger partial charge in [0.25, 0.3) is 0 Å². The number of nitrogens with zero attached hydrogens (tertiary/aromatic N) is 1. The zero-order valence-electron chi connectivity index (χ0n) is 15.7. The molecular formula is C25H25NO. The lowest BCUT2D eigenvalue weighted by atomic mass is 9.85. The number of aryl methyl sites for hydroxylation is 1. The Morgan fingerprint density at radius 1 is 0.778 bits per heavy atom. The number of carbonyl (C=O) groups excluding carboxylic acids is 1. The van der Waals surface area contributed by atoms with Crippen molar-refractivity contribution in [3.63, 3.8) is 0 Å². The van der Waals surface area contributed by atoms with Crippen molar-refractivity contribution in [2.75, 3.05) is 0 Å². The highest BCUT2D eigenvalue weighted by atomic mass is 16.1. The molecule has 0 saturated carbocycles. The number of benzene rings is 3. The highest BCUT2D eigenvalue weighted by Crippen LogP contribution is 2.42. The topological polar surface area (TPSA) is 20.3 Å². The second-order valence-electron chi connectivity index (χ2n) is 7.40. The van der Waals surface area contributed by atoms with E-state index in [9.17, 15) is 4.79 Å². The van der Waals surface area contributed by atoms with Crippen molar-refractivity contribution in [2.45, 2.75) is 38.4 Å². The van der Waals surface area contributed by atoms with Crippen LogP contribution in [0.5, 0.6) is 0 Å². The van der Waals surface area contributed by atoms with E-state index in [1.54, 1.807) is 0 Å². The summed E-state index contributed by atoms with van der Waals surface area (Å²) < 4.78 is 0. The summed E-state index contributed by atoms with van der Waals surface area (Å²) in [6, 6.07) is 29.7. The summed E-state index contributed by atoms with van der Waals surface area (Å²) in [5.41, 5.74) is 5.02. The molecule has 4 rings (SSSR count). The maximum Gasteiger partial charge on any atom is 0.136 e. The summed E-state index contributed by atoms with van der Waals surface area (Å²) in [5, 5.41) is 0. The van der Waals surface area contributed by atoms with Crippen molar-refractivity contribution < 1.29 is 4.79 Å². The van der Waals surface area contributed by atoms with Crippen molar-refractivity contribution in [3.8, 4) is 0 Å². The van der Waals surface area contributed by atoms with Crippen molar-refractivity contribution in [3.05, 3.63) is 107 Å². The molecule has 1 fully saturated rings. The average molecular weight is 355 g/mol. The van der Waals surface area contributed by atoms with Crippen LogP contribution in [0.2, 0.25) is 0 Å². The molecule has 1 saturated heterocycles. The lowest BCUT2D eigenvalue weighted by Gasteiger charge is -2.42. The van der Waals surface area contributed by atoms with Crippen molar-refractivity contribution in [1.82, 2.24) is 4.90 Å². The number of hydrogen-bond donors (Lipinski definition) is 0. The molecule has 27 heavy (non-hydrogen) atoms. The molecule has 0 bridgehead atoms. The molecule has 136 valence electrons. The Morgan fingerprint density at radius 2 is 1.37 bits per heavy atom. The van der Waals surface area contributed by atoms with Gasteiger partial charge >= 0.3 is 0 Å². The highest BCUT2D eigenvalue weighted by molar-refractivity contribution is 5.81. The van der Waals surface area contributed by atoms with Crippen LogP contribution in [-0.2, 0) is 11.3 Å². The Bertz CT molecular complexity index is 904. The van der Waals surface area contributed by atoms with Crippen LogP contribution in [0.15, 0.2) is 84.9 Å². The number of likely N-dealkylation sites (tertiary alicyclic amines) is 1. The molecule has 1 heterocycles. The SMILES string of the molecule is Cc1ccccc1[C@@H]1CC(=O)C[C@@H](c2ccccc2)N1Cc1ccccc1. The fourth-order valence-electron chi connectivity index (χ4n) is 4.21. The smallest absolute Gasteiger partial charge is 0.136 e. The molecule has 0 radical (unpaired) electrons. The Hall–Kier alpha value is -2.71. The normalized spacial score (nSPS) is 20.6. The Balaban J connectivity index is 1.77. The highest BCUT2D eigenvalue weighted by Gasteiger charge is 2.36. The number of hydrogen-bond acceptors (Lipinski definition) is 2. The van der Waals surface area contributed by atoms with E-state index in [0.717, 1.165) is 6.54 Å². The van der Waals surface area contributed by atoms with E-state index in [0.29, 0.717) is 18.6 Å². The van der Waals surface area contributed by atoms with E-state index in [1.165, 1.54) is 22.3 Å². The first-order chi connectivity index (χ1) is 13.2. The summed E-state index contributed by atoms with van der Waals surface area (Å²) in [7, 11) is 0. The van der Waals surface area contributed by atoms with Gasteiger partial charge in [0.15, 0.2) is 0 Å². The molecule has 1 aliphatic heterocycles. The van der Waals surface area contributed by atoms with Crippen LogP contribution in [0.3, 0.4) is 0 Å². The second kappa shape index (κ2) is 7.89. The minimum absolute atomic E-state index is 0.109. The van der Waals surface area contributed by atoms with Gasteiger partial charge in [-0.15, -0.1) is 0 Å². The van der Waals surface area contributed by atoms with Crippen LogP contribution < -0.4 is 0 Å². The molecule has 0 unspecified atom stereocenters. The Kier molecular flexibility index (Phi) is 5.17. The number of piperidine rings is 1. The summed E-state index contributed by atoms with van der Waals surface area (Å²) in [4.78, 5) is 15.2. The zero-order chi connectivity index (χ0) is 18.6. The van der Waals surface area contributed by atoms with E-state index in [1.807, 2.05) is 6.07 Å². The molecule has 0 aromatic heterocycles. The monoisotopic (exact) mass is 355 g/mol. The third-order valence-corrected chi connectivity index (χ3v) is 5.58. The van der Waals surface area contributed by atoms with Crippen LogP contribution in [0, 0.1) is 6.92 Å². The lowest BCUT2D eigenvalue weighted by Crippen LogP contribution is -2.39. The summed E-state index contributed by atoms with van der Waals surface area (Å²) in [6.45, 7) is 2.99. The maximum atomic E-state index is 12.7. The first-order valence-electron chi connectivity index (χ1n) is 9.64. The fraction of sp³-hybridized carbons (Fsp3) is 0.240. The summed E-state index contributed by atoms with van der Waals surface area (Å²) >= 11 is 0. The molecule has 2 heteroatoms. The maximum absolute atomic E-state index is 12.7. The molecule has 3 aromatic rings. The summed E-state index contributed by atoms with van der Waals surface area (Å²) in [6.07, 6.45) is 1.17. The van der Waals surface area contributed by atoms with Gasteiger partial charge in [-0.05, 0) is 29.2 Å². The first-order valence-corrected chi connectivity index (χ1v) is 9.64. The Morgan fingerprint density at radius 3 is 2.07 bits per heavy atom. The van der Waals surface area contributed by atoms with Gasteiger partial charge in [-0.25, -0.2) is 0 Å². The predicted octanol–water partition coefficient (Wildman–Crippen LogP) is 5.64. The molecule has 3 aromatic carbocycles. The van der Waals surface area contributed by atoms with Gasteiger partial charge in [0, 0.05) is 31.5 Å². The third-order valence-electron chi connectivity index (χ3n) is 5.58. The van der Waals surface area contributed by atoms with Crippen molar-refractivity contribution >= 4 is 5.78 Å². The molecule has 0 N–H and O–H groups in total. The average Bonchev–Trinajstić information content (AvgIpc) is 2.71. The minimum Gasteiger partial charge on any atom is -0.300 e. The number of rotatable bonds is 4. The third kappa shape index (κ3) is 3.86. The molecule has 0 spiro atoms. The fourth-order valence-corrected chi connectivity index (χ4v) is 4.21. The van der Waals surface area contributed by atoms with Crippen LogP contribution in [-0.4, -0.2) is 10.7 Å². The van der Waals surface area contributed by atoms with Gasteiger partial charge in [0.05, 0.1) is 0 Å². The van der Waals surface area contributed by atoms with E-state index >= 15 is 0 Å². The number of Topliss-reactive ketones (excluding diaryl/α,β-unsaturated/α-hetero) is 1. The second-order valence-corrected chi connectivity index (χ2v) is 7.40. The minimum atomic E-state index is 0.109. The van der Waals surface area contributed by atoms with E-state index in [-0.39, 0.29) is 12.1 Å². The largest absolute Gasteiger partial charge is 0.300 e. The predicted molar refractivity (Wildman–Crippen MR) is 109 cm³/mol. The number of ketones is 1. The van der Waals surface area contributed by atoms with E-state index < -0.39 is 0 Å². The molecule has 0 amide bonds. The molecule has 2 nitrogen and oxygen atoms in total. The van der Waals surface area contributed by atoms with E-state index in [2.05, 4.69) is 90.7 Å².